The third-order valence-electron chi connectivity index (χ3n) is 1.72. The molecule has 0 aliphatic rings. The molecule has 0 atom stereocenters. The summed E-state index contributed by atoms with van der Waals surface area (Å²) in [5.74, 6) is 0.438. The van der Waals surface area contributed by atoms with Crippen LogP contribution in [-0.2, 0) is 4.79 Å². The molecule has 0 aliphatic carbocycles. The summed E-state index contributed by atoms with van der Waals surface area (Å²) < 4.78 is 6.33. The second kappa shape index (κ2) is 4.96. The third-order valence-corrected chi connectivity index (χ3v) is 2.44. The van der Waals surface area contributed by atoms with Crippen LogP contribution >= 0.6 is 22.6 Å². The van der Waals surface area contributed by atoms with E-state index in [1.54, 1.807) is 0 Å². The Labute approximate surface area is 104 Å². The molecule has 0 bridgehead atoms. The first-order valence-corrected chi connectivity index (χ1v) is 5.91. The van der Waals surface area contributed by atoms with Crippen molar-refractivity contribution in [1.29, 1.82) is 0 Å². The van der Waals surface area contributed by atoms with Gasteiger partial charge in [0.05, 0.1) is 6.42 Å². The van der Waals surface area contributed by atoms with Crippen molar-refractivity contribution in [1.82, 2.24) is 0 Å². The highest BCUT2D eigenvalue weighted by molar-refractivity contribution is 14.1. The zero-order valence-electron chi connectivity index (χ0n) is 9.21. The molecule has 0 heterocycles. The van der Waals surface area contributed by atoms with Crippen molar-refractivity contribution in [2.24, 2.45) is 5.41 Å². The van der Waals surface area contributed by atoms with Gasteiger partial charge in [0, 0.05) is 3.57 Å². The number of benzene rings is 1. The highest BCUT2D eigenvalue weighted by atomic mass is 127. The quantitative estimate of drug-likeness (QED) is 0.473. The molecule has 3 heteroatoms. The van der Waals surface area contributed by atoms with Crippen LogP contribution in [0.15, 0.2) is 24.3 Å². The molecule has 0 saturated heterocycles. The molecule has 1 aromatic carbocycles. The molecule has 0 amide bonds. The van der Waals surface area contributed by atoms with Gasteiger partial charge in [-0.1, -0.05) is 20.8 Å². The van der Waals surface area contributed by atoms with Crippen molar-refractivity contribution >= 4 is 28.6 Å². The van der Waals surface area contributed by atoms with Crippen LogP contribution < -0.4 is 4.74 Å². The van der Waals surface area contributed by atoms with Crippen molar-refractivity contribution in [2.75, 3.05) is 0 Å². The van der Waals surface area contributed by atoms with Crippen LogP contribution in [0.4, 0.5) is 0 Å². The number of ether oxygens (including phenoxy) is 1. The first-order valence-electron chi connectivity index (χ1n) is 4.83. The Bertz CT molecular complexity index is 336. The van der Waals surface area contributed by atoms with E-state index in [0.29, 0.717) is 12.2 Å². The van der Waals surface area contributed by atoms with E-state index in [1.165, 1.54) is 0 Å². The average molecular weight is 318 g/mol. The molecule has 82 valence electrons. The molecular formula is C12H15IO2. The monoisotopic (exact) mass is 318 g/mol. The van der Waals surface area contributed by atoms with E-state index in [-0.39, 0.29) is 11.4 Å². The van der Waals surface area contributed by atoms with Gasteiger partial charge in [-0.15, -0.1) is 0 Å². The lowest BCUT2D eigenvalue weighted by Gasteiger charge is -2.16. The van der Waals surface area contributed by atoms with Crippen LogP contribution in [0.2, 0.25) is 0 Å². The summed E-state index contributed by atoms with van der Waals surface area (Å²) >= 11 is 2.21. The summed E-state index contributed by atoms with van der Waals surface area (Å²) in [4.78, 5) is 11.5. The Morgan fingerprint density at radius 3 is 2.27 bits per heavy atom. The molecule has 0 saturated carbocycles. The molecule has 0 fully saturated rings. The van der Waals surface area contributed by atoms with E-state index in [2.05, 4.69) is 22.6 Å². The Morgan fingerprint density at radius 2 is 1.80 bits per heavy atom. The first kappa shape index (κ1) is 12.5. The van der Waals surface area contributed by atoms with Crippen molar-refractivity contribution < 1.29 is 9.53 Å². The average Bonchev–Trinajstić information content (AvgIpc) is 2.05. The van der Waals surface area contributed by atoms with Gasteiger partial charge in [0.15, 0.2) is 0 Å². The molecular weight excluding hydrogens is 303 g/mol. The topological polar surface area (TPSA) is 26.3 Å². The third kappa shape index (κ3) is 5.16. The standard InChI is InChI=1S/C12H15IO2/c1-12(2,3)8-11(14)15-10-6-4-9(13)5-7-10/h4-7H,8H2,1-3H3. The van der Waals surface area contributed by atoms with E-state index >= 15 is 0 Å². The fourth-order valence-corrected chi connectivity index (χ4v) is 1.46. The Kier molecular flexibility index (Phi) is 4.13. The maximum Gasteiger partial charge on any atom is 0.311 e. The number of hydrogen-bond acceptors (Lipinski definition) is 2. The van der Waals surface area contributed by atoms with Gasteiger partial charge in [-0.2, -0.15) is 0 Å². The molecule has 0 spiro atoms. The van der Waals surface area contributed by atoms with Crippen LogP contribution in [0.5, 0.6) is 5.75 Å². The van der Waals surface area contributed by atoms with Crippen LogP contribution in [-0.4, -0.2) is 5.97 Å². The van der Waals surface area contributed by atoms with Gasteiger partial charge in [0.1, 0.15) is 5.75 Å². The summed E-state index contributed by atoms with van der Waals surface area (Å²) in [6.45, 7) is 6.05. The van der Waals surface area contributed by atoms with E-state index in [4.69, 9.17) is 4.74 Å². The molecule has 2 nitrogen and oxygen atoms in total. The van der Waals surface area contributed by atoms with Gasteiger partial charge >= 0.3 is 5.97 Å². The number of rotatable bonds is 2. The molecule has 0 radical (unpaired) electrons. The van der Waals surface area contributed by atoms with Crippen molar-refractivity contribution in [3.05, 3.63) is 27.8 Å². The Morgan fingerprint density at radius 1 is 1.27 bits per heavy atom. The predicted molar refractivity (Wildman–Crippen MR) is 68.9 cm³/mol. The molecule has 1 rings (SSSR count). The minimum absolute atomic E-state index is 0.0275. The van der Waals surface area contributed by atoms with E-state index in [1.807, 2.05) is 45.0 Å². The molecule has 0 aliphatic heterocycles. The zero-order valence-corrected chi connectivity index (χ0v) is 11.4. The summed E-state index contributed by atoms with van der Waals surface area (Å²) in [6.07, 6.45) is 0.430. The number of hydrogen-bond donors (Lipinski definition) is 0. The van der Waals surface area contributed by atoms with Gasteiger partial charge in [0.25, 0.3) is 0 Å². The fourth-order valence-electron chi connectivity index (χ4n) is 1.10. The van der Waals surface area contributed by atoms with Crippen molar-refractivity contribution in [3.8, 4) is 5.75 Å². The predicted octanol–water partition coefficient (Wildman–Crippen LogP) is 3.63. The van der Waals surface area contributed by atoms with Gasteiger partial charge in [-0.25, -0.2) is 0 Å². The lowest BCUT2D eigenvalue weighted by Crippen LogP contribution is -2.17. The second-order valence-electron chi connectivity index (χ2n) is 4.67. The van der Waals surface area contributed by atoms with E-state index in [9.17, 15) is 4.79 Å². The minimum Gasteiger partial charge on any atom is -0.427 e. The molecule has 0 unspecified atom stereocenters. The number of carbonyl (C=O) groups excluding carboxylic acids is 1. The van der Waals surface area contributed by atoms with Gasteiger partial charge in [-0.05, 0) is 52.3 Å². The molecule has 0 N–H and O–H groups in total. The second-order valence-corrected chi connectivity index (χ2v) is 5.91. The van der Waals surface area contributed by atoms with Crippen molar-refractivity contribution in [2.45, 2.75) is 27.2 Å². The largest absolute Gasteiger partial charge is 0.427 e. The van der Waals surface area contributed by atoms with E-state index in [0.717, 1.165) is 3.57 Å². The number of carbonyl (C=O) groups is 1. The lowest BCUT2D eigenvalue weighted by atomic mass is 9.92. The maximum absolute atomic E-state index is 11.5. The van der Waals surface area contributed by atoms with Gasteiger partial charge < -0.3 is 4.74 Å². The summed E-state index contributed by atoms with van der Waals surface area (Å²) in [6, 6.07) is 7.45. The van der Waals surface area contributed by atoms with Crippen LogP contribution in [0.25, 0.3) is 0 Å². The lowest BCUT2D eigenvalue weighted by molar-refractivity contribution is -0.136. The normalized spacial score (nSPS) is 11.2. The van der Waals surface area contributed by atoms with Crippen molar-refractivity contribution in [3.63, 3.8) is 0 Å². The number of halogens is 1. The minimum atomic E-state index is -0.177. The highest BCUT2D eigenvalue weighted by Gasteiger charge is 2.17. The summed E-state index contributed by atoms with van der Waals surface area (Å²) in [5.41, 5.74) is -0.0275. The molecule has 1 aromatic rings. The summed E-state index contributed by atoms with van der Waals surface area (Å²) in [5, 5.41) is 0. The molecule has 15 heavy (non-hydrogen) atoms. The molecule has 0 aromatic heterocycles. The van der Waals surface area contributed by atoms with Gasteiger partial charge in [0.2, 0.25) is 0 Å². The van der Waals surface area contributed by atoms with E-state index < -0.39 is 0 Å². The fraction of sp³-hybridized carbons (Fsp3) is 0.417. The highest BCUT2D eigenvalue weighted by Crippen LogP contribution is 2.20. The van der Waals surface area contributed by atoms with Gasteiger partial charge in [-0.3, -0.25) is 4.79 Å². The number of esters is 1. The Hall–Kier alpha value is -0.580. The van der Waals surface area contributed by atoms with Crippen LogP contribution in [0.1, 0.15) is 27.2 Å². The van der Waals surface area contributed by atoms with Crippen LogP contribution in [0, 0.1) is 8.99 Å². The SMILES string of the molecule is CC(C)(C)CC(=O)Oc1ccc(I)cc1. The zero-order chi connectivity index (χ0) is 11.5. The smallest absolute Gasteiger partial charge is 0.311 e. The first-order chi connectivity index (χ1) is 6.87. The summed E-state index contributed by atoms with van der Waals surface area (Å²) in [7, 11) is 0. The maximum atomic E-state index is 11.5. The van der Waals surface area contributed by atoms with Crippen LogP contribution in [0.3, 0.4) is 0 Å². The Balaban J connectivity index is 2.55.